The van der Waals surface area contributed by atoms with Gasteiger partial charge in [-0.25, -0.2) is 9.20 Å². The molecule has 25 heavy (non-hydrogen) atoms. The Morgan fingerprint density at radius 2 is 2.20 bits per heavy atom. The van der Waals surface area contributed by atoms with Crippen LogP contribution in [0.5, 0.6) is 5.75 Å². The van der Waals surface area contributed by atoms with Crippen LogP contribution in [0.3, 0.4) is 0 Å². The van der Waals surface area contributed by atoms with E-state index >= 15 is 0 Å². The van der Waals surface area contributed by atoms with E-state index in [1.165, 1.54) is 17.0 Å². The Labute approximate surface area is 155 Å². The number of ether oxygens (including phenoxy) is 1. The van der Waals surface area contributed by atoms with Gasteiger partial charge in [0.15, 0.2) is 5.75 Å². The van der Waals surface area contributed by atoms with Crippen molar-refractivity contribution < 1.29 is 9.53 Å². The minimum atomic E-state index is -0.436. The van der Waals surface area contributed by atoms with Crippen LogP contribution in [0, 0.1) is 0 Å². The van der Waals surface area contributed by atoms with E-state index in [-0.39, 0.29) is 6.54 Å². The average Bonchev–Trinajstić information content (AvgIpc) is 3.03. The first-order chi connectivity index (χ1) is 12.0. The monoisotopic (exact) mass is 425 g/mol. The summed E-state index contributed by atoms with van der Waals surface area (Å²) in [5, 5.41) is 11.0. The number of nitrogens with one attached hydrogen (secondary N) is 1. The smallest absolute Gasteiger partial charge is 0.293 e. The zero-order valence-corrected chi connectivity index (χ0v) is 15.4. The lowest BCUT2D eigenvalue weighted by Crippen LogP contribution is -2.30. The van der Waals surface area contributed by atoms with Crippen LogP contribution in [0.25, 0.3) is 5.52 Å². The van der Waals surface area contributed by atoms with Crippen molar-refractivity contribution in [2.75, 3.05) is 11.9 Å². The molecule has 0 aliphatic carbocycles. The lowest BCUT2D eigenvalue weighted by molar-refractivity contribution is -0.117. The molecule has 2 aromatic heterocycles. The number of anilines is 1. The van der Waals surface area contributed by atoms with Crippen LogP contribution in [0.2, 0.25) is 5.02 Å². The summed E-state index contributed by atoms with van der Waals surface area (Å²) in [4.78, 5) is 24.6. The number of hydrogen-bond acceptors (Lipinski definition) is 5. The third kappa shape index (κ3) is 3.67. The van der Waals surface area contributed by atoms with Crippen LogP contribution < -0.4 is 15.6 Å². The van der Waals surface area contributed by atoms with Crippen LogP contribution in [0.15, 0.2) is 40.0 Å². The fraction of sp³-hybridized carbons (Fsp3) is 0.200. The van der Waals surface area contributed by atoms with E-state index in [0.29, 0.717) is 33.1 Å². The predicted molar refractivity (Wildman–Crippen MR) is 96.2 cm³/mol. The third-order valence-corrected chi connectivity index (χ3v) is 4.10. The number of amides is 1. The number of rotatable bonds is 5. The Balaban J connectivity index is 1.85. The molecule has 0 fully saturated rings. The van der Waals surface area contributed by atoms with Gasteiger partial charge in [0, 0.05) is 5.02 Å². The molecule has 0 saturated carbocycles. The maximum absolute atomic E-state index is 12.3. The van der Waals surface area contributed by atoms with Gasteiger partial charge in [0.25, 0.3) is 5.56 Å². The highest BCUT2D eigenvalue weighted by atomic mass is 79.9. The van der Waals surface area contributed by atoms with E-state index in [4.69, 9.17) is 16.3 Å². The van der Waals surface area contributed by atoms with Gasteiger partial charge in [-0.05, 0) is 41.1 Å². The second-order valence-electron chi connectivity index (χ2n) is 5.00. The topological polar surface area (TPSA) is 90.5 Å². The summed E-state index contributed by atoms with van der Waals surface area (Å²) in [5.41, 5.74) is 0.334. The fourth-order valence-corrected chi connectivity index (χ4v) is 3.18. The summed E-state index contributed by atoms with van der Waals surface area (Å²) in [6.45, 7) is 2.00. The van der Waals surface area contributed by atoms with Gasteiger partial charge in [-0.2, -0.15) is 10.2 Å². The molecule has 0 radical (unpaired) electrons. The molecule has 0 spiro atoms. The summed E-state index contributed by atoms with van der Waals surface area (Å²) in [6, 6.07) is 4.80. The molecular weight excluding hydrogens is 414 g/mol. The number of fused-ring (bicyclic) bond motifs is 1. The normalized spacial score (nSPS) is 10.8. The van der Waals surface area contributed by atoms with Crippen molar-refractivity contribution in [1.29, 1.82) is 0 Å². The lowest BCUT2D eigenvalue weighted by atomic mass is 10.3. The van der Waals surface area contributed by atoms with Gasteiger partial charge in [-0.3, -0.25) is 9.59 Å². The lowest BCUT2D eigenvalue weighted by Gasteiger charge is -2.14. The molecule has 0 atom stereocenters. The molecular formula is C15H13BrClN5O3. The second kappa shape index (κ2) is 7.24. The summed E-state index contributed by atoms with van der Waals surface area (Å²) in [5.74, 6) is 0.0281. The Morgan fingerprint density at radius 1 is 1.40 bits per heavy atom. The standard InChI is InChI=1S/C15H13BrClN5O3/c1-2-25-14-10(16)5-9(17)6-11(14)20-13(23)7-21-15(24)12-3-4-18-22(12)8-19-21/h3-6,8H,2,7H2,1H3,(H,20,23). The van der Waals surface area contributed by atoms with Gasteiger partial charge in [-0.15, -0.1) is 0 Å². The van der Waals surface area contributed by atoms with Gasteiger partial charge in [-0.1, -0.05) is 11.6 Å². The Kier molecular flexibility index (Phi) is 5.05. The molecule has 0 aliphatic heterocycles. The number of carbonyl (C=O) groups excluding carboxylic acids is 1. The quantitative estimate of drug-likeness (QED) is 0.676. The molecule has 0 bridgehead atoms. The van der Waals surface area contributed by atoms with Crippen molar-refractivity contribution >= 4 is 44.6 Å². The molecule has 3 aromatic rings. The Bertz CT molecular complexity index is 1000. The van der Waals surface area contributed by atoms with Crippen LogP contribution in [-0.4, -0.2) is 31.9 Å². The Hall–Kier alpha value is -2.39. The summed E-state index contributed by atoms with van der Waals surface area (Å²) < 4.78 is 8.55. The maximum atomic E-state index is 12.3. The number of aromatic nitrogens is 4. The summed E-state index contributed by atoms with van der Waals surface area (Å²) >= 11 is 9.38. The number of hydrogen-bond donors (Lipinski definition) is 1. The maximum Gasteiger partial charge on any atom is 0.293 e. The zero-order chi connectivity index (χ0) is 18.0. The fourth-order valence-electron chi connectivity index (χ4n) is 2.25. The largest absolute Gasteiger partial charge is 0.491 e. The van der Waals surface area contributed by atoms with E-state index < -0.39 is 11.5 Å². The van der Waals surface area contributed by atoms with Crippen molar-refractivity contribution in [2.45, 2.75) is 13.5 Å². The molecule has 1 aromatic carbocycles. The van der Waals surface area contributed by atoms with E-state index in [2.05, 4.69) is 31.4 Å². The van der Waals surface area contributed by atoms with Crippen LogP contribution >= 0.6 is 27.5 Å². The molecule has 130 valence electrons. The molecule has 2 heterocycles. The molecule has 10 heteroatoms. The molecule has 8 nitrogen and oxygen atoms in total. The molecule has 1 amide bonds. The molecule has 0 unspecified atom stereocenters. The van der Waals surface area contributed by atoms with Crippen LogP contribution in [0.1, 0.15) is 6.92 Å². The van der Waals surface area contributed by atoms with Gasteiger partial charge in [0.2, 0.25) is 5.91 Å². The van der Waals surface area contributed by atoms with Gasteiger partial charge >= 0.3 is 0 Å². The first kappa shape index (κ1) is 17.4. The highest BCUT2D eigenvalue weighted by Crippen LogP contribution is 2.36. The zero-order valence-electron chi connectivity index (χ0n) is 13.1. The van der Waals surface area contributed by atoms with Gasteiger partial charge in [0.1, 0.15) is 18.4 Å². The predicted octanol–water partition coefficient (Wildman–Crippen LogP) is 2.34. The van der Waals surface area contributed by atoms with Crippen LogP contribution in [-0.2, 0) is 11.3 Å². The second-order valence-corrected chi connectivity index (χ2v) is 6.29. The van der Waals surface area contributed by atoms with Crippen molar-refractivity contribution in [2.24, 2.45) is 0 Å². The molecule has 1 N–H and O–H groups in total. The number of benzene rings is 1. The average molecular weight is 427 g/mol. The van der Waals surface area contributed by atoms with Crippen molar-refractivity contribution in [3.05, 3.63) is 50.6 Å². The minimum Gasteiger partial charge on any atom is -0.491 e. The molecule has 0 aliphatic rings. The van der Waals surface area contributed by atoms with E-state index in [1.807, 2.05) is 6.92 Å². The molecule has 3 rings (SSSR count). The highest BCUT2D eigenvalue weighted by molar-refractivity contribution is 9.10. The van der Waals surface area contributed by atoms with Crippen molar-refractivity contribution in [3.8, 4) is 5.75 Å². The first-order valence-corrected chi connectivity index (χ1v) is 8.48. The third-order valence-electron chi connectivity index (χ3n) is 3.29. The van der Waals surface area contributed by atoms with Crippen molar-refractivity contribution in [1.82, 2.24) is 19.4 Å². The SMILES string of the molecule is CCOc1c(Br)cc(Cl)cc1NC(=O)Cn1ncn2nccc2c1=O. The van der Waals surface area contributed by atoms with Crippen molar-refractivity contribution in [3.63, 3.8) is 0 Å². The summed E-state index contributed by atoms with van der Waals surface area (Å²) in [6.07, 6.45) is 2.85. The number of carbonyl (C=O) groups is 1. The minimum absolute atomic E-state index is 0.254. The van der Waals surface area contributed by atoms with Crippen LogP contribution in [0.4, 0.5) is 5.69 Å². The Morgan fingerprint density at radius 3 is 2.96 bits per heavy atom. The van der Waals surface area contributed by atoms with Gasteiger partial charge < -0.3 is 10.1 Å². The highest BCUT2D eigenvalue weighted by Gasteiger charge is 2.15. The number of nitrogens with zero attached hydrogens (tertiary/aromatic N) is 4. The number of halogens is 2. The van der Waals surface area contributed by atoms with Gasteiger partial charge in [0.05, 0.1) is 23.0 Å². The van der Waals surface area contributed by atoms with E-state index in [1.54, 1.807) is 18.2 Å². The summed E-state index contributed by atoms with van der Waals surface area (Å²) in [7, 11) is 0. The molecule has 0 saturated heterocycles. The first-order valence-electron chi connectivity index (χ1n) is 7.30. The van der Waals surface area contributed by atoms with E-state index in [9.17, 15) is 9.59 Å². The van der Waals surface area contributed by atoms with E-state index in [0.717, 1.165) is 4.68 Å².